The Morgan fingerprint density at radius 1 is 1.25 bits per heavy atom. The van der Waals surface area contributed by atoms with Crippen LogP contribution in [0.5, 0.6) is 0 Å². The van der Waals surface area contributed by atoms with Crippen molar-refractivity contribution >= 4 is 5.91 Å². The second kappa shape index (κ2) is 4.74. The minimum absolute atomic E-state index is 0.116. The number of hydrogen-bond acceptors (Lipinski definition) is 2. The monoisotopic (exact) mass is 225 g/mol. The van der Waals surface area contributed by atoms with Crippen molar-refractivity contribution in [2.75, 3.05) is 13.1 Å². The van der Waals surface area contributed by atoms with Crippen molar-refractivity contribution in [2.24, 2.45) is 17.8 Å². The summed E-state index contributed by atoms with van der Waals surface area (Å²) in [5, 5.41) is 9.21. The summed E-state index contributed by atoms with van der Waals surface area (Å²) in [7, 11) is 0. The third-order valence-electron chi connectivity index (χ3n) is 4.26. The van der Waals surface area contributed by atoms with Crippen molar-refractivity contribution < 1.29 is 9.90 Å². The fourth-order valence-corrected chi connectivity index (χ4v) is 2.83. The number of nitrogens with zero attached hydrogens (tertiary/aromatic N) is 1. The molecule has 0 unspecified atom stereocenters. The van der Waals surface area contributed by atoms with Crippen LogP contribution in [0.15, 0.2) is 0 Å². The van der Waals surface area contributed by atoms with E-state index in [1.165, 1.54) is 0 Å². The minimum Gasteiger partial charge on any atom is -0.393 e. The SMILES string of the molecule is CC(C)C1CCN(C(=O)C2CC(O)C2)CC1. The van der Waals surface area contributed by atoms with Gasteiger partial charge in [0.2, 0.25) is 5.91 Å². The first-order valence-corrected chi connectivity index (χ1v) is 6.54. The Balaban J connectivity index is 1.78. The highest BCUT2D eigenvalue weighted by Crippen LogP contribution is 2.31. The van der Waals surface area contributed by atoms with Crippen molar-refractivity contribution in [1.29, 1.82) is 0 Å². The van der Waals surface area contributed by atoms with Crippen LogP contribution in [0.4, 0.5) is 0 Å². The van der Waals surface area contributed by atoms with Gasteiger partial charge < -0.3 is 10.0 Å². The molecule has 1 aliphatic heterocycles. The van der Waals surface area contributed by atoms with E-state index in [9.17, 15) is 9.90 Å². The first kappa shape index (κ1) is 11.9. The Kier molecular flexibility index (Phi) is 3.53. The van der Waals surface area contributed by atoms with Gasteiger partial charge in [-0.15, -0.1) is 0 Å². The molecule has 0 spiro atoms. The topological polar surface area (TPSA) is 40.5 Å². The molecule has 1 N–H and O–H groups in total. The lowest BCUT2D eigenvalue weighted by Gasteiger charge is -2.39. The van der Waals surface area contributed by atoms with Crippen LogP contribution >= 0.6 is 0 Å². The smallest absolute Gasteiger partial charge is 0.225 e. The van der Waals surface area contributed by atoms with Crippen LogP contribution < -0.4 is 0 Å². The van der Waals surface area contributed by atoms with Gasteiger partial charge in [-0.05, 0) is 37.5 Å². The maximum atomic E-state index is 12.0. The predicted molar refractivity (Wildman–Crippen MR) is 62.9 cm³/mol. The molecule has 2 fully saturated rings. The molecule has 1 heterocycles. The van der Waals surface area contributed by atoms with E-state index in [2.05, 4.69) is 13.8 Å². The molecule has 1 aliphatic carbocycles. The lowest BCUT2D eigenvalue weighted by atomic mass is 9.80. The Morgan fingerprint density at radius 2 is 1.81 bits per heavy atom. The van der Waals surface area contributed by atoms with E-state index in [0.717, 1.165) is 37.8 Å². The van der Waals surface area contributed by atoms with Gasteiger partial charge in [-0.2, -0.15) is 0 Å². The van der Waals surface area contributed by atoms with Crippen LogP contribution in [-0.4, -0.2) is 35.1 Å². The van der Waals surface area contributed by atoms with Crippen molar-refractivity contribution in [3.8, 4) is 0 Å². The Bertz CT molecular complexity index is 251. The van der Waals surface area contributed by atoms with E-state index >= 15 is 0 Å². The summed E-state index contributed by atoms with van der Waals surface area (Å²) in [6.45, 7) is 6.39. The molecule has 1 amide bonds. The standard InChI is InChI=1S/C13H23NO2/c1-9(2)10-3-5-14(6-4-10)13(16)11-7-12(15)8-11/h9-12,15H,3-8H2,1-2H3. The molecule has 1 saturated carbocycles. The second-order valence-electron chi connectivity index (χ2n) is 5.73. The largest absolute Gasteiger partial charge is 0.393 e. The summed E-state index contributed by atoms with van der Waals surface area (Å²) < 4.78 is 0. The number of rotatable bonds is 2. The molecule has 0 radical (unpaired) electrons. The highest BCUT2D eigenvalue weighted by atomic mass is 16.3. The molecule has 1 saturated heterocycles. The van der Waals surface area contributed by atoms with Gasteiger partial charge in [-0.25, -0.2) is 0 Å². The average Bonchev–Trinajstić information content (AvgIpc) is 2.24. The summed E-state index contributed by atoms with van der Waals surface area (Å²) in [5.41, 5.74) is 0. The number of amides is 1. The fraction of sp³-hybridized carbons (Fsp3) is 0.923. The van der Waals surface area contributed by atoms with E-state index < -0.39 is 0 Å². The van der Waals surface area contributed by atoms with E-state index in [1.54, 1.807) is 0 Å². The zero-order chi connectivity index (χ0) is 11.7. The van der Waals surface area contributed by atoms with Crippen LogP contribution in [0.1, 0.15) is 39.5 Å². The predicted octanol–water partition coefficient (Wildman–Crippen LogP) is 1.65. The number of aliphatic hydroxyl groups is 1. The van der Waals surface area contributed by atoms with Crippen molar-refractivity contribution in [3.63, 3.8) is 0 Å². The minimum atomic E-state index is -0.220. The van der Waals surface area contributed by atoms with Crippen molar-refractivity contribution in [1.82, 2.24) is 4.90 Å². The van der Waals surface area contributed by atoms with Crippen LogP contribution in [-0.2, 0) is 4.79 Å². The van der Waals surface area contributed by atoms with Gasteiger partial charge in [-0.3, -0.25) is 4.79 Å². The third kappa shape index (κ3) is 2.40. The number of likely N-dealkylation sites (tertiary alicyclic amines) is 1. The van der Waals surface area contributed by atoms with Crippen LogP contribution in [0.2, 0.25) is 0 Å². The first-order chi connectivity index (χ1) is 7.58. The van der Waals surface area contributed by atoms with Gasteiger partial charge in [-0.1, -0.05) is 13.8 Å². The summed E-state index contributed by atoms with van der Waals surface area (Å²) >= 11 is 0. The lowest BCUT2D eigenvalue weighted by molar-refractivity contribution is -0.143. The molecular formula is C13H23NO2. The van der Waals surface area contributed by atoms with Gasteiger partial charge in [0.25, 0.3) is 0 Å². The number of piperidine rings is 1. The molecule has 92 valence electrons. The number of carbonyl (C=O) groups is 1. The molecule has 0 bridgehead atoms. The van der Waals surface area contributed by atoms with E-state index in [0.29, 0.717) is 12.8 Å². The highest BCUT2D eigenvalue weighted by Gasteiger charge is 2.36. The van der Waals surface area contributed by atoms with Gasteiger partial charge in [0.1, 0.15) is 0 Å². The van der Waals surface area contributed by atoms with Crippen molar-refractivity contribution in [3.05, 3.63) is 0 Å². The summed E-state index contributed by atoms with van der Waals surface area (Å²) in [6.07, 6.45) is 3.45. The molecule has 0 aromatic heterocycles. The molecule has 2 aliphatic rings. The zero-order valence-electron chi connectivity index (χ0n) is 10.4. The van der Waals surface area contributed by atoms with Crippen LogP contribution in [0.3, 0.4) is 0 Å². The summed E-state index contributed by atoms with van der Waals surface area (Å²) in [6, 6.07) is 0. The molecule has 2 rings (SSSR count). The molecule has 3 heteroatoms. The summed E-state index contributed by atoms with van der Waals surface area (Å²) in [5.74, 6) is 1.93. The Labute approximate surface area is 97.8 Å². The van der Waals surface area contributed by atoms with Crippen molar-refractivity contribution in [2.45, 2.75) is 45.6 Å². The molecule has 0 atom stereocenters. The van der Waals surface area contributed by atoms with Gasteiger partial charge in [0.05, 0.1) is 6.10 Å². The Hall–Kier alpha value is -0.570. The molecule has 3 nitrogen and oxygen atoms in total. The van der Waals surface area contributed by atoms with Crippen LogP contribution in [0.25, 0.3) is 0 Å². The first-order valence-electron chi connectivity index (χ1n) is 6.54. The maximum absolute atomic E-state index is 12.0. The van der Waals surface area contributed by atoms with Gasteiger partial charge >= 0.3 is 0 Å². The number of carbonyl (C=O) groups excluding carboxylic acids is 1. The number of hydrogen-bond donors (Lipinski definition) is 1. The highest BCUT2D eigenvalue weighted by molar-refractivity contribution is 5.79. The molecule has 16 heavy (non-hydrogen) atoms. The Morgan fingerprint density at radius 3 is 2.25 bits per heavy atom. The lowest BCUT2D eigenvalue weighted by Crippen LogP contribution is -2.47. The fourth-order valence-electron chi connectivity index (χ4n) is 2.83. The average molecular weight is 225 g/mol. The second-order valence-corrected chi connectivity index (χ2v) is 5.73. The molecule has 0 aromatic rings. The van der Waals surface area contributed by atoms with Gasteiger partial charge in [0, 0.05) is 19.0 Å². The quantitative estimate of drug-likeness (QED) is 0.776. The van der Waals surface area contributed by atoms with Gasteiger partial charge in [0.15, 0.2) is 0 Å². The zero-order valence-corrected chi connectivity index (χ0v) is 10.4. The maximum Gasteiger partial charge on any atom is 0.225 e. The van der Waals surface area contributed by atoms with E-state index in [-0.39, 0.29) is 17.9 Å². The summed E-state index contributed by atoms with van der Waals surface area (Å²) in [4.78, 5) is 14.0. The molecular weight excluding hydrogens is 202 g/mol. The number of aliphatic hydroxyl groups excluding tert-OH is 1. The van der Waals surface area contributed by atoms with Crippen LogP contribution in [0, 0.1) is 17.8 Å². The third-order valence-corrected chi connectivity index (χ3v) is 4.26. The molecule has 0 aromatic carbocycles. The normalized spacial score (nSPS) is 31.6. The van der Waals surface area contributed by atoms with E-state index in [4.69, 9.17) is 0 Å². The van der Waals surface area contributed by atoms with E-state index in [1.807, 2.05) is 4.90 Å².